The van der Waals surface area contributed by atoms with Crippen LogP contribution in [0.15, 0.2) is 24.3 Å². The molecule has 2 N–H and O–H groups in total. The van der Waals surface area contributed by atoms with E-state index in [4.69, 9.17) is 22.1 Å². The van der Waals surface area contributed by atoms with Crippen LogP contribution in [0.25, 0.3) is 0 Å². The molecule has 0 aromatic heterocycles. The maximum absolute atomic E-state index is 6.44. The fourth-order valence-corrected chi connectivity index (χ4v) is 3.56. The molecule has 1 saturated carbocycles. The molecule has 0 spiro atoms. The fourth-order valence-electron chi connectivity index (χ4n) is 3.43. The molecule has 2 rings (SSSR count). The van der Waals surface area contributed by atoms with Gasteiger partial charge in [0.05, 0.1) is 12.2 Å². The minimum absolute atomic E-state index is 0.0289. The molecule has 0 amide bonds. The van der Waals surface area contributed by atoms with E-state index in [9.17, 15) is 0 Å². The van der Waals surface area contributed by atoms with Gasteiger partial charge in [0, 0.05) is 11.6 Å². The average molecular weight is 310 g/mol. The highest BCUT2D eigenvalue weighted by atomic mass is 35.5. The van der Waals surface area contributed by atoms with Crippen LogP contribution in [0, 0.1) is 17.8 Å². The topological polar surface area (TPSA) is 35.2 Å². The molecule has 118 valence electrons. The molecular formula is C18H28ClNO. The SMILES string of the molecule is CC1CCC(C(C)C)C(OC(CN)c2ccc(Cl)cc2)C1. The van der Waals surface area contributed by atoms with E-state index >= 15 is 0 Å². The minimum atomic E-state index is -0.0289. The van der Waals surface area contributed by atoms with Crippen molar-refractivity contribution in [3.05, 3.63) is 34.9 Å². The van der Waals surface area contributed by atoms with Gasteiger partial charge in [0.2, 0.25) is 0 Å². The number of benzene rings is 1. The van der Waals surface area contributed by atoms with Gasteiger partial charge in [0.25, 0.3) is 0 Å². The predicted octanol–water partition coefficient (Wildman–Crippen LogP) is 4.82. The number of halogens is 1. The number of hydrogen-bond donors (Lipinski definition) is 1. The summed E-state index contributed by atoms with van der Waals surface area (Å²) in [6, 6.07) is 7.87. The zero-order valence-electron chi connectivity index (χ0n) is 13.4. The van der Waals surface area contributed by atoms with E-state index in [2.05, 4.69) is 20.8 Å². The summed E-state index contributed by atoms with van der Waals surface area (Å²) in [7, 11) is 0. The van der Waals surface area contributed by atoms with Crippen molar-refractivity contribution in [2.24, 2.45) is 23.5 Å². The maximum Gasteiger partial charge on any atom is 0.0950 e. The van der Waals surface area contributed by atoms with Crippen LogP contribution in [-0.2, 0) is 4.74 Å². The molecule has 0 radical (unpaired) electrons. The average Bonchev–Trinajstić information content (AvgIpc) is 2.45. The Kier molecular flexibility index (Phi) is 6.09. The summed E-state index contributed by atoms with van der Waals surface area (Å²) in [5.41, 5.74) is 7.09. The van der Waals surface area contributed by atoms with E-state index < -0.39 is 0 Å². The Labute approximate surface area is 134 Å². The smallest absolute Gasteiger partial charge is 0.0950 e. The number of hydrogen-bond acceptors (Lipinski definition) is 2. The second kappa shape index (κ2) is 7.62. The highest BCUT2D eigenvalue weighted by Gasteiger charge is 2.33. The van der Waals surface area contributed by atoms with Crippen molar-refractivity contribution in [2.75, 3.05) is 6.54 Å². The first kappa shape index (κ1) is 16.8. The lowest BCUT2D eigenvalue weighted by Crippen LogP contribution is -2.36. The molecule has 4 atom stereocenters. The van der Waals surface area contributed by atoms with Crippen molar-refractivity contribution in [1.29, 1.82) is 0 Å². The first-order valence-corrected chi connectivity index (χ1v) is 8.50. The molecular weight excluding hydrogens is 282 g/mol. The second-order valence-corrected chi connectivity index (χ2v) is 7.21. The highest BCUT2D eigenvalue weighted by molar-refractivity contribution is 6.30. The largest absolute Gasteiger partial charge is 0.369 e. The van der Waals surface area contributed by atoms with Crippen molar-refractivity contribution >= 4 is 11.6 Å². The van der Waals surface area contributed by atoms with Crippen LogP contribution in [0.1, 0.15) is 51.7 Å². The summed E-state index contributed by atoms with van der Waals surface area (Å²) in [5.74, 6) is 2.04. The first-order chi connectivity index (χ1) is 10.0. The van der Waals surface area contributed by atoms with Crippen LogP contribution in [0.4, 0.5) is 0 Å². The first-order valence-electron chi connectivity index (χ1n) is 8.12. The Morgan fingerprint density at radius 3 is 2.48 bits per heavy atom. The van der Waals surface area contributed by atoms with Gasteiger partial charge in [-0.05, 0) is 48.3 Å². The summed E-state index contributed by atoms with van der Waals surface area (Å²) in [6.07, 6.45) is 4.02. The summed E-state index contributed by atoms with van der Waals surface area (Å²) in [5, 5.41) is 0.751. The Morgan fingerprint density at radius 2 is 1.90 bits per heavy atom. The van der Waals surface area contributed by atoms with Crippen LogP contribution in [-0.4, -0.2) is 12.6 Å². The van der Waals surface area contributed by atoms with E-state index in [0.717, 1.165) is 22.9 Å². The normalized spacial score (nSPS) is 27.8. The number of ether oxygens (including phenoxy) is 1. The van der Waals surface area contributed by atoms with E-state index in [0.29, 0.717) is 24.5 Å². The van der Waals surface area contributed by atoms with Crippen LogP contribution < -0.4 is 5.73 Å². The quantitative estimate of drug-likeness (QED) is 0.846. The third kappa shape index (κ3) is 4.45. The van der Waals surface area contributed by atoms with E-state index in [1.807, 2.05) is 24.3 Å². The summed E-state index contributed by atoms with van der Waals surface area (Å²) in [4.78, 5) is 0. The van der Waals surface area contributed by atoms with Crippen LogP contribution in [0.3, 0.4) is 0 Å². The van der Waals surface area contributed by atoms with Crippen molar-refractivity contribution in [3.8, 4) is 0 Å². The van der Waals surface area contributed by atoms with Gasteiger partial charge < -0.3 is 10.5 Å². The third-order valence-electron chi connectivity index (χ3n) is 4.76. The Hall–Kier alpha value is -0.570. The summed E-state index contributed by atoms with van der Waals surface area (Å²) >= 11 is 5.96. The Morgan fingerprint density at radius 1 is 1.24 bits per heavy atom. The molecule has 4 unspecified atom stereocenters. The lowest BCUT2D eigenvalue weighted by atomic mass is 9.75. The lowest BCUT2D eigenvalue weighted by molar-refractivity contribution is -0.0786. The second-order valence-electron chi connectivity index (χ2n) is 6.78. The molecule has 1 aliphatic carbocycles. The fraction of sp³-hybridized carbons (Fsp3) is 0.667. The standard InChI is InChI=1S/C18H28ClNO/c1-12(2)16-9-4-13(3)10-17(16)21-18(11-20)14-5-7-15(19)8-6-14/h5-8,12-13,16-18H,4,9-11,20H2,1-3H3. The molecule has 0 bridgehead atoms. The van der Waals surface area contributed by atoms with E-state index in [-0.39, 0.29) is 6.10 Å². The number of rotatable bonds is 5. The maximum atomic E-state index is 6.44. The predicted molar refractivity (Wildman–Crippen MR) is 89.5 cm³/mol. The molecule has 0 saturated heterocycles. The molecule has 1 aromatic rings. The van der Waals surface area contributed by atoms with E-state index in [1.54, 1.807) is 0 Å². The van der Waals surface area contributed by atoms with Gasteiger partial charge in [0.1, 0.15) is 0 Å². The van der Waals surface area contributed by atoms with Crippen molar-refractivity contribution in [3.63, 3.8) is 0 Å². The highest BCUT2D eigenvalue weighted by Crippen LogP contribution is 2.37. The molecule has 1 aliphatic rings. The zero-order chi connectivity index (χ0) is 15.4. The van der Waals surface area contributed by atoms with Crippen LogP contribution >= 0.6 is 11.6 Å². The van der Waals surface area contributed by atoms with Crippen LogP contribution in [0.2, 0.25) is 5.02 Å². The van der Waals surface area contributed by atoms with Gasteiger partial charge in [0.15, 0.2) is 0 Å². The molecule has 2 nitrogen and oxygen atoms in total. The van der Waals surface area contributed by atoms with E-state index in [1.165, 1.54) is 12.8 Å². The van der Waals surface area contributed by atoms with Gasteiger partial charge in [-0.2, -0.15) is 0 Å². The number of nitrogens with two attached hydrogens (primary N) is 1. The molecule has 0 heterocycles. The van der Waals surface area contributed by atoms with Gasteiger partial charge in [-0.25, -0.2) is 0 Å². The lowest BCUT2D eigenvalue weighted by Gasteiger charge is -2.39. The third-order valence-corrected chi connectivity index (χ3v) is 5.01. The molecule has 21 heavy (non-hydrogen) atoms. The summed E-state index contributed by atoms with van der Waals surface area (Å²) < 4.78 is 6.44. The van der Waals surface area contributed by atoms with Gasteiger partial charge in [-0.15, -0.1) is 0 Å². The van der Waals surface area contributed by atoms with Crippen molar-refractivity contribution < 1.29 is 4.74 Å². The van der Waals surface area contributed by atoms with Crippen molar-refractivity contribution in [1.82, 2.24) is 0 Å². The van der Waals surface area contributed by atoms with Crippen molar-refractivity contribution in [2.45, 2.75) is 52.2 Å². The minimum Gasteiger partial charge on any atom is -0.369 e. The zero-order valence-corrected chi connectivity index (χ0v) is 14.1. The van der Waals surface area contributed by atoms with Gasteiger partial charge >= 0.3 is 0 Å². The Bertz CT molecular complexity index is 431. The van der Waals surface area contributed by atoms with Crippen LogP contribution in [0.5, 0.6) is 0 Å². The Balaban J connectivity index is 2.09. The molecule has 1 aromatic carbocycles. The monoisotopic (exact) mass is 309 g/mol. The summed E-state index contributed by atoms with van der Waals surface area (Å²) in [6.45, 7) is 7.44. The van der Waals surface area contributed by atoms with Gasteiger partial charge in [-0.1, -0.05) is 50.9 Å². The molecule has 3 heteroatoms. The van der Waals surface area contributed by atoms with Gasteiger partial charge in [-0.3, -0.25) is 0 Å². The molecule has 0 aliphatic heterocycles. The molecule has 1 fully saturated rings.